The van der Waals surface area contributed by atoms with Gasteiger partial charge in [0.1, 0.15) is 18.4 Å². The van der Waals surface area contributed by atoms with Crippen molar-refractivity contribution in [3.63, 3.8) is 0 Å². The molecule has 38 heavy (non-hydrogen) atoms. The molecule has 0 radical (unpaired) electrons. The Labute approximate surface area is 217 Å². The molecule has 9 nitrogen and oxygen atoms in total. The summed E-state index contributed by atoms with van der Waals surface area (Å²) in [6.07, 6.45) is 3.22. The number of hydrogen-bond acceptors (Lipinski definition) is 6. The molecule has 7 aromatic rings. The Bertz CT molecular complexity index is 1900. The number of imidazole rings is 1. The minimum atomic E-state index is 0.603. The second-order valence-corrected chi connectivity index (χ2v) is 8.86. The van der Waals surface area contributed by atoms with E-state index >= 15 is 0 Å². The van der Waals surface area contributed by atoms with Gasteiger partial charge in [-0.3, -0.25) is 4.40 Å². The van der Waals surface area contributed by atoms with E-state index < -0.39 is 0 Å². The first-order valence-corrected chi connectivity index (χ1v) is 12.1. The number of para-hydroxylation sites is 3. The van der Waals surface area contributed by atoms with Crippen LogP contribution in [-0.2, 0) is 0 Å². The molecule has 9 heteroatoms. The molecule has 0 amide bonds. The van der Waals surface area contributed by atoms with Crippen LogP contribution in [0, 0.1) is 6.92 Å². The smallest absolute Gasteiger partial charge is 0.235 e. The predicted octanol–water partition coefficient (Wildman–Crippen LogP) is 5.30. The van der Waals surface area contributed by atoms with E-state index in [1.807, 2.05) is 84.4 Å². The van der Waals surface area contributed by atoms with Crippen molar-refractivity contribution in [1.29, 1.82) is 0 Å². The summed E-state index contributed by atoms with van der Waals surface area (Å²) >= 11 is 0. The van der Waals surface area contributed by atoms with Crippen molar-refractivity contribution in [1.82, 2.24) is 38.9 Å². The minimum absolute atomic E-state index is 0.603. The maximum Gasteiger partial charge on any atom is 0.235 e. The molecule has 0 aliphatic heterocycles. The third kappa shape index (κ3) is 3.44. The van der Waals surface area contributed by atoms with Crippen LogP contribution in [0.2, 0.25) is 0 Å². The molecule has 0 spiro atoms. The number of rotatable bonds is 5. The summed E-state index contributed by atoms with van der Waals surface area (Å²) in [4.78, 5) is 14.1. The van der Waals surface area contributed by atoms with Crippen molar-refractivity contribution in [2.75, 3.05) is 7.11 Å². The molecule has 0 saturated heterocycles. The lowest BCUT2D eigenvalue weighted by atomic mass is 10.1. The molecule has 0 aliphatic rings. The Morgan fingerprint density at radius 1 is 0.842 bits per heavy atom. The van der Waals surface area contributed by atoms with Gasteiger partial charge in [0, 0.05) is 5.56 Å². The van der Waals surface area contributed by atoms with E-state index in [2.05, 4.69) is 26.6 Å². The summed E-state index contributed by atoms with van der Waals surface area (Å²) in [5.41, 5.74) is 7.14. The standard InChI is InChI=1S/C29H22N8O/c1-19-27(28(35-18-30-17-31-35)37(34-19)21-8-4-3-5-9-21)26-16-24(20-12-14-22(38-2)15-13-20)33-29-32-23-10-6-7-11-25(23)36(26)29/h3-18H,1-2H3. The molecular formula is C29H22N8O. The fourth-order valence-electron chi connectivity index (χ4n) is 4.85. The van der Waals surface area contributed by atoms with Crippen molar-refractivity contribution >= 4 is 16.8 Å². The van der Waals surface area contributed by atoms with Gasteiger partial charge in [-0.25, -0.2) is 24.3 Å². The van der Waals surface area contributed by atoms with Crippen LogP contribution >= 0.6 is 0 Å². The van der Waals surface area contributed by atoms with E-state index in [-0.39, 0.29) is 0 Å². The van der Waals surface area contributed by atoms with Crippen LogP contribution in [0.5, 0.6) is 5.75 Å². The normalized spacial score (nSPS) is 11.4. The van der Waals surface area contributed by atoms with Gasteiger partial charge in [0.2, 0.25) is 5.78 Å². The summed E-state index contributed by atoms with van der Waals surface area (Å²) in [6.45, 7) is 2.01. The van der Waals surface area contributed by atoms with Gasteiger partial charge < -0.3 is 4.74 Å². The number of hydrogen-bond donors (Lipinski definition) is 0. The highest BCUT2D eigenvalue weighted by molar-refractivity contribution is 5.86. The Hall–Kier alpha value is -5.31. The van der Waals surface area contributed by atoms with E-state index in [9.17, 15) is 0 Å². The zero-order valence-corrected chi connectivity index (χ0v) is 20.7. The van der Waals surface area contributed by atoms with Crippen molar-refractivity contribution in [3.05, 3.63) is 103 Å². The minimum Gasteiger partial charge on any atom is -0.497 e. The Kier molecular flexibility index (Phi) is 5.00. The molecule has 7 rings (SSSR count). The zero-order valence-electron chi connectivity index (χ0n) is 20.7. The van der Waals surface area contributed by atoms with Crippen molar-refractivity contribution in [2.24, 2.45) is 0 Å². The lowest BCUT2D eigenvalue weighted by molar-refractivity contribution is 0.415. The fraction of sp³-hybridized carbons (Fsp3) is 0.0690. The van der Waals surface area contributed by atoms with Gasteiger partial charge >= 0.3 is 0 Å². The molecular weight excluding hydrogens is 476 g/mol. The van der Waals surface area contributed by atoms with Crippen molar-refractivity contribution in [3.8, 4) is 39.8 Å². The highest BCUT2D eigenvalue weighted by atomic mass is 16.5. The average Bonchev–Trinajstić information content (AvgIpc) is 3.70. The number of fused-ring (bicyclic) bond motifs is 3. The Balaban J connectivity index is 1.58. The monoisotopic (exact) mass is 498 g/mol. The van der Waals surface area contributed by atoms with Crippen LogP contribution in [0.3, 0.4) is 0 Å². The topological polar surface area (TPSA) is 88.0 Å². The lowest BCUT2D eigenvalue weighted by Gasteiger charge is -2.13. The average molecular weight is 499 g/mol. The number of benzene rings is 3. The number of ether oxygens (including phenoxy) is 1. The van der Waals surface area contributed by atoms with Crippen LogP contribution < -0.4 is 4.74 Å². The fourth-order valence-corrected chi connectivity index (χ4v) is 4.85. The first-order chi connectivity index (χ1) is 18.7. The summed E-state index contributed by atoms with van der Waals surface area (Å²) in [6, 6.07) is 28.0. The molecule has 0 bridgehead atoms. The Morgan fingerprint density at radius 2 is 1.63 bits per heavy atom. The quantitative estimate of drug-likeness (QED) is 0.320. The molecule has 184 valence electrons. The summed E-state index contributed by atoms with van der Waals surface area (Å²) in [5.74, 6) is 2.16. The first kappa shape index (κ1) is 21.9. The highest BCUT2D eigenvalue weighted by Gasteiger charge is 2.24. The molecule has 4 heterocycles. The van der Waals surface area contributed by atoms with Crippen LogP contribution in [0.1, 0.15) is 5.69 Å². The van der Waals surface area contributed by atoms with Crippen LogP contribution in [0.15, 0.2) is 97.6 Å². The number of aromatic nitrogens is 8. The molecule has 0 fully saturated rings. The van der Waals surface area contributed by atoms with Gasteiger partial charge in [0.15, 0.2) is 5.82 Å². The number of methoxy groups -OCH3 is 1. The van der Waals surface area contributed by atoms with E-state index in [0.717, 1.165) is 56.5 Å². The number of aryl methyl sites for hydroxylation is 1. The second-order valence-electron chi connectivity index (χ2n) is 8.86. The second kappa shape index (κ2) is 8.67. The Morgan fingerprint density at radius 3 is 2.39 bits per heavy atom. The third-order valence-electron chi connectivity index (χ3n) is 6.59. The van der Waals surface area contributed by atoms with Gasteiger partial charge in [0.25, 0.3) is 0 Å². The molecule has 0 N–H and O–H groups in total. The van der Waals surface area contributed by atoms with Gasteiger partial charge in [-0.15, -0.1) is 0 Å². The van der Waals surface area contributed by atoms with Gasteiger partial charge in [-0.2, -0.15) is 10.2 Å². The SMILES string of the molecule is COc1ccc(-c2cc(-c3c(C)nn(-c4ccccc4)c3-n3cncn3)n3c(n2)nc2ccccc23)cc1. The first-order valence-electron chi connectivity index (χ1n) is 12.1. The van der Waals surface area contributed by atoms with Gasteiger partial charge in [0.05, 0.1) is 46.5 Å². The highest BCUT2D eigenvalue weighted by Crippen LogP contribution is 2.36. The maximum absolute atomic E-state index is 5.36. The molecule has 0 saturated carbocycles. The van der Waals surface area contributed by atoms with Gasteiger partial charge in [-0.05, 0) is 61.5 Å². The van der Waals surface area contributed by atoms with E-state index in [0.29, 0.717) is 5.78 Å². The van der Waals surface area contributed by atoms with Crippen LogP contribution in [-0.4, -0.2) is 46.0 Å². The molecule has 4 aromatic heterocycles. The largest absolute Gasteiger partial charge is 0.497 e. The zero-order chi connectivity index (χ0) is 25.6. The van der Waals surface area contributed by atoms with Crippen molar-refractivity contribution < 1.29 is 4.74 Å². The summed E-state index contributed by atoms with van der Waals surface area (Å²) < 4.78 is 11.1. The van der Waals surface area contributed by atoms with Crippen LogP contribution in [0.25, 0.3) is 50.8 Å². The molecule has 0 atom stereocenters. The predicted molar refractivity (Wildman–Crippen MR) is 145 cm³/mol. The molecule has 0 aliphatic carbocycles. The number of nitrogens with zero attached hydrogens (tertiary/aromatic N) is 8. The summed E-state index contributed by atoms with van der Waals surface area (Å²) in [7, 11) is 1.66. The van der Waals surface area contributed by atoms with E-state index in [4.69, 9.17) is 19.8 Å². The third-order valence-corrected chi connectivity index (χ3v) is 6.59. The maximum atomic E-state index is 5.36. The molecule has 3 aromatic carbocycles. The van der Waals surface area contributed by atoms with Gasteiger partial charge in [-0.1, -0.05) is 30.3 Å². The van der Waals surface area contributed by atoms with Crippen LogP contribution in [0.4, 0.5) is 0 Å². The van der Waals surface area contributed by atoms with E-state index in [1.54, 1.807) is 18.1 Å². The lowest BCUT2D eigenvalue weighted by Crippen LogP contribution is -2.08. The van der Waals surface area contributed by atoms with Crippen molar-refractivity contribution in [2.45, 2.75) is 6.92 Å². The summed E-state index contributed by atoms with van der Waals surface area (Å²) in [5, 5.41) is 9.46. The van der Waals surface area contributed by atoms with E-state index in [1.165, 1.54) is 6.33 Å². The molecule has 0 unspecified atom stereocenters.